The molecule has 0 aliphatic heterocycles. The number of aromatic nitrogens is 4. The van der Waals surface area contributed by atoms with Gasteiger partial charge in [-0.15, -0.1) is 0 Å². The molecule has 0 unspecified atom stereocenters. The van der Waals surface area contributed by atoms with Crippen LogP contribution in [-0.4, -0.2) is 26.4 Å². The maximum absolute atomic E-state index is 12.3. The van der Waals surface area contributed by atoms with Crippen molar-refractivity contribution < 1.29 is 13.5 Å². The Hall–Kier alpha value is -1.99. The molecule has 0 amide bonds. The van der Waals surface area contributed by atoms with Gasteiger partial charge in [-0.2, -0.15) is 18.9 Å². The van der Waals surface area contributed by atoms with Crippen molar-refractivity contribution in [3.8, 4) is 11.4 Å². The van der Waals surface area contributed by atoms with Crippen molar-refractivity contribution in [1.82, 2.24) is 19.7 Å². The van der Waals surface area contributed by atoms with E-state index in [1.165, 1.54) is 23.0 Å². The van der Waals surface area contributed by atoms with E-state index in [1.807, 2.05) is 0 Å². The van der Waals surface area contributed by atoms with Gasteiger partial charge in [-0.25, -0.2) is 9.67 Å². The second-order valence-corrected chi connectivity index (χ2v) is 4.65. The van der Waals surface area contributed by atoms with Crippen LogP contribution < -0.4 is 4.74 Å². The third kappa shape index (κ3) is 2.74. The SMILES string of the molecule is FC(F)Oc1cccc(-n2ncc3c(Cl)nc(Cl)nc32)c1. The minimum absolute atomic E-state index is 0.0115. The lowest BCUT2D eigenvalue weighted by Crippen LogP contribution is -2.03. The van der Waals surface area contributed by atoms with Crippen LogP contribution in [0.5, 0.6) is 5.75 Å². The second-order valence-electron chi connectivity index (χ2n) is 3.95. The maximum Gasteiger partial charge on any atom is 0.387 e. The number of hydrogen-bond donors (Lipinski definition) is 0. The van der Waals surface area contributed by atoms with Crippen LogP contribution in [-0.2, 0) is 0 Å². The highest BCUT2D eigenvalue weighted by Gasteiger charge is 2.13. The minimum atomic E-state index is -2.90. The fraction of sp³-hybridized carbons (Fsp3) is 0.0833. The summed E-state index contributed by atoms with van der Waals surface area (Å²) in [6, 6.07) is 6.04. The number of nitrogens with zero attached hydrogens (tertiary/aromatic N) is 4. The van der Waals surface area contributed by atoms with Crippen molar-refractivity contribution >= 4 is 34.2 Å². The Kier molecular flexibility index (Phi) is 3.60. The lowest BCUT2D eigenvalue weighted by molar-refractivity contribution is -0.0498. The second kappa shape index (κ2) is 5.42. The summed E-state index contributed by atoms with van der Waals surface area (Å²) in [6.07, 6.45) is 1.47. The Bertz CT molecular complexity index is 809. The van der Waals surface area contributed by atoms with Gasteiger partial charge < -0.3 is 4.74 Å². The van der Waals surface area contributed by atoms with Gasteiger partial charge in [-0.3, -0.25) is 0 Å². The smallest absolute Gasteiger partial charge is 0.387 e. The van der Waals surface area contributed by atoms with Crippen LogP contribution in [0, 0.1) is 0 Å². The van der Waals surface area contributed by atoms with E-state index in [-0.39, 0.29) is 16.2 Å². The summed E-state index contributed by atoms with van der Waals surface area (Å²) >= 11 is 11.7. The van der Waals surface area contributed by atoms with E-state index in [0.29, 0.717) is 16.7 Å². The molecule has 0 fully saturated rings. The Morgan fingerprint density at radius 1 is 1.19 bits per heavy atom. The van der Waals surface area contributed by atoms with Crippen molar-refractivity contribution in [1.29, 1.82) is 0 Å². The van der Waals surface area contributed by atoms with Crippen LogP contribution in [0.4, 0.5) is 8.78 Å². The van der Waals surface area contributed by atoms with E-state index in [9.17, 15) is 8.78 Å². The molecule has 0 N–H and O–H groups in total. The summed E-state index contributed by atoms with van der Waals surface area (Å²) in [7, 11) is 0. The number of halogens is 4. The van der Waals surface area contributed by atoms with Crippen LogP contribution >= 0.6 is 23.2 Å². The molecule has 3 rings (SSSR count). The van der Waals surface area contributed by atoms with Gasteiger partial charge >= 0.3 is 6.61 Å². The van der Waals surface area contributed by atoms with Gasteiger partial charge in [0.05, 0.1) is 17.3 Å². The summed E-state index contributed by atoms with van der Waals surface area (Å²) in [5, 5.41) is 4.75. The quantitative estimate of drug-likeness (QED) is 0.542. The molecular formula is C12H6Cl2F2N4O. The topological polar surface area (TPSA) is 52.8 Å². The van der Waals surface area contributed by atoms with Crippen LogP contribution in [0.3, 0.4) is 0 Å². The van der Waals surface area contributed by atoms with Crippen LogP contribution in [0.1, 0.15) is 0 Å². The van der Waals surface area contributed by atoms with Crippen molar-refractivity contribution in [2.75, 3.05) is 0 Å². The molecule has 21 heavy (non-hydrogen) atoms. The average Bonchev–Trinajstić information content (AvgIpc) is 2.82. The molecule has 0 saturated heterocycles. The third-order valence-electron chi connectivity index (χ3n) is 2.64. The molecule has 0 aliphatic rings. The zero-order chi connectivity index (χ0) is 15.0. The van der Waals surface area contributed by atoms with Crippen molar-refractivity contribution in [2.45, 2.75) is 6.61 Å². The first kappa shape index (κ1) is 14.0. The maximum atomic E-state index is 12.3. The van der Waals surface area contributed by atoms with Crippen molar-refractivity contribution in [3.63, 3.8) is 0 Å². The van der Waals surface area contributed by atoms with Crippen molar-refractivity contribution in [2.24, 2.45) is 0 Å². The highest BCUT2D eigenvalue weighted by Crippen LogP contribution is 2.25. The largest absolute Gasteiger partial charge is 0.435 e. The van der Waals surface area contributed by atoms with E-state index in [0.717, 1.165) is 0 Å². The molecule has 0 radical (unpaired) electrons. The zero-order valence-corrected chi connectivity index (χ0v) is 11.7. The average molecular weight is 331 g/mol. The highest BCUT2D eigenvalue weighted by molar-refractivity contribution is 6.35. The van der Waals surface area contributed by atoms with Crippen LogP contribution in [0.2, 0.25) is 10.4 Å². The van der Waals surface area contributed by atoms with Gasteiger partial charge in [-0.1, -0.05) is 17.7 Å². The first-order valence-corrected chi connectivity index (χ1v) is 6.42. The molecular weight excluding hydrogens is 325 g/mol. The molecule has 9 heteroatoms. The van der Waals surface area contributed by atoms with Gasteiger partial charge in [0.2, 0.25) is 5.28 Å². The van der Waals surface area contributed by atoms with E-state index in [1.54, 1.807) is 12.1 Å². The number of hydrogen-bond acceptors (Lipinski definition) is 4. The van der Waals surface area contributed by atoms with Gasteiger partial charge in [0.25, 0.3) is 0 Å². The Morgan fingerprint density at radius 2 is 2.00 bits per heavy atom. The number of rotatable bonds is 3. The molecule has 2 heterocycles. The van der Waals surface area contributed by atoms with E-state index < -0.39 is 6.61 Å². The molecule has 1 aromatic carbocycles. The predicted molar refractivity (Wildman–Crippen MR) is 73.3 cm³/mol. The normalized spacial score (nSPS) is 11.3. The number of benzene rings is 1. The molecule has 0 saturated carbocycles. The fourth-order valence-corrected chi connectivity index (χ4v) is 2.25. The third-order valence-corrected chi connectivity index (χ3v) is 3.10. The van der Waals surface area contributed by atoms with E-state index >= 15 is 0 Å². The molecule has 5 nitrogen and oxygen atoms in total. The first-order valence-electron chi connectivity index (χ1n) is 5.66. The van der Waals surface area contributed by atoms with Crippen LogP contribution in [0.15, 0.2) is 30.5 Å². The fourth-order valence-electron chi connectivity index (χ4n) is 1.83. The Morgan fingerprint density at radius 3 is 2.76 bits per heavy atom. The molecule has 3 aromatic rings. The van der Waals surface area contributed by atoms with Gasteiger partial charge in [0.15, 0.2) is 5.65 Å². The molecule has 0 bridgehead atoms. The molecule has 108 valence electrons. The summed E-state index contributed by atoms with van der Waals surface area (Å²) < 4.78 is 30.3. The molecule has 0 spiro atoms. The van der Waals surface area contributed by atoms with Gasteiger partial charge in [0, 0.05) is 6.07 Å². The monoisotopic (exact) mass is 330 g/mol. The van der Waals surface area contributed by atoms with E-state index in [2.05, 4.69) is 19.8 Å². The Labute approximate surface area is 127 Å². The lowest BCUT2D eigenvalue weighted by Gasteiger charge is -2.07. The van der Waals surface area contributed by atoms with Gasteiger partial charge in [-0.05, 0) is 23.7 Å². The first-order chi connectivity index (χ1) is 10.0. The molecule has 0 atom stereocenters. The minimum Gasteiger partial charge on any atom is -0.435 e. The van der Waals surface area contributed by atoms with Crippen molar-refractivity contribution in [3.05, 3.63) is 40.9 Å². The number of alkyl halides is 2. The van der Waals surface area contributed by atoms with E-state index in [4.69, 9.17) is 23.2 Å². The zero-order valence-electron chi connectivity index (χ0n) is 10.2. The molecule has 0 aliphatic carbocycles. The Balaban J connectivity index is 2.12. The highest BCUT2D eigenvalue weighted by atomic mass is 35.5. The van der Waals surface area contributed by atoms with Gasteiger partial charge in [0.1, 0.15) is 10.9 Å². The number of ether oxygens (including phenoxy) is 1. The van der Waals surface area contributed by atoms with Crippen LogP contribution in [0.25, 0.3) is 16.7 Å². The summed E-state index contributed by atoms with van der Waals surface area (Å²) in [6.45, 7) is -2.90. The standard InChI is InChI=1S/C12H6Cl2F2N4O/c13-9-8-5-17-20(10(8)19-11(14)18-9)6-2-1-3-7(4-6)21-12(15)16/h1-5,12H. The summed E-state index contributed by atoms with van der Waals surface area (Å²) in [5.74, 6) is 0.0115. The lowest BCUT2D eigenvalue weighted by atomic mass is 10.3. The molecule has 2 aromatic heterocycles. The summed E-state index contributed by atoms with van der Waals surface area (Å²) in [5.41, 5.74) is 0.850. The number of fused-ring (bicyclic) bond motifs is 1. The predicted octanol–water partition coefficient (Wildman–Crippen LogP) is 3.72. The summed E-state index contributed by atoms with van der Waals surface area (Å²) in [4.78, 5) is 7.85.